The predicted octanol–water partition coefficient (Wildman–Crippen LogP) is -0.903. The van der Waals surface area contributed by atoms with Crippen LogP contribution in [0, 0.1) is 0 Å². The van der Waals surface area contributed by atoms with Gasteiger partial charge in [0.2, 0.25) is 5.95 Å². The number of hydrogen-bond acceptors (Lipinski definition) is 13. The van der Waals surface area contributed by atoms with Crippen LogP contribution in [0.1, 0.15) is 20.1 Å². The van der Waals surface area contributed by atoms with Crippen molar-refractivity contribution >= 4 is 40.6 Å². The Bertz CT molecular complexity index is 1310. The van der Waals surface area contributed by atoms with Crippen LogP contribution < -0.4 is 11.3 Å². The van der Waals surface area contributed by atoms with Gasteiger partial charge in [-0.3, -0.25) is 18.9 Å². The Morgan fingerprint density at radius 2 is 1.86 bits per heavy atom. The quantitative estimate of drug-likeness (QED) is 0.181. The highest BCUT2D eigenvalue weighted by atomic mass is 31.3. The Kier molecular flexibility index (Phi) is 7.52. The van der Waals surface area contributed by atoms with E-state index in [0.717, 1.165) is 13.3 Å². The molecule has 0 aliphatic carbocycles. The number of nitrogens with two attached hydrogens (primary N) is 1. The molecule has 2 aromatic rings. The highest BCUT2D eigenvalue weighted by Gasteiger charge is 2.58. The molecule has 1 aliphatic heterocycles. The highest BCUT2D eigenvalue weighted by Crippen LogP contribution is 2.67. The molecule has 0 amide bonds. The minimum Gasteiger partial charge on any atom is -0.387 e. The van der Waals surface area contributed by atoms with Crippen LogP contribution in [0.25, 0.3) is 11.2 Å². The summed E-state index contributed by atoms with van der Waals surface area (Å²) in [7, 11) is -15.7. The number of aliphatic hydroxyl groups is 1. The van der Waals surface area contributed by atoms with Crippen LogP contribution >= 0.6 is 23.5 Å². The van der Waals surface area contributed by atoms with Crippen molar-refractivity contribution in [1.82, 2.24) is 19.5 Å². The molecule has 1 aliphatic rings. The highest BCUT2D eigenvalue weighted by molar-refractivity contribution is 7.66. The number of rotatable bonds is 9. The first kappa shape index (κ1) is 28.0. The largest absolute Gasteiger partial charge is 0.490 e. The summed E-state index contributed by atoms with van der Waals surface area (Å²) in [6.07, 6.45) is -4.44. The Balaban J connectivity index is 1.89. The van der Waals surface area contributed by atoms with Gasteiger partial charge in [-0.1, -0.05) is 0 Å². The first-order valence-electron chi connectivity index (χ1n) is 9.32. The second-order valence-electron chi connectivity index (χ2n) is 7.45. The average molecular weight is 565 g/mol. The number of phosphoric ester groups is 1. The van der Waals surface area contributed by atoms with Crippen LogP contribution in [0.5, 0.6) is 0 Å². The summed E-state index contributed by atoms with van der Waals surface area (Å²) in [5.74, 6) is -0.236. The third kappa shape index (κ3) is 5.89. The zero-order chi connectivity index (χ0) is 26.6. The number of aromatic nitrogens is 4. The summed E-state index contributed by atoms with van der Waals surface area (Å²) >= 11 is 0. The molecule has 3 unspecified atom stereocenters. The van der Waals surface area contributed by atoms with Crippen molar-refractivity contribution in [3.05, 3.63) is 16.7 Å². The van der Waals surface area contributed by atoms with E-state index in [1.54, 1.807) is 0 Å². The number of imidazole rings is 1. The fraction of sp³-hybridized carbons (Fsp3) is 0.615. The van der Waals surface area contributed by atoms with Crippen molar-refractivity contribution < 1.29 is 61.0 Å². The number of ether oxygens (including phenoxy) is 2. The first-order valence-corrected chi connectivity index (χ1v) is 13.8. The van der Waals surface area contributed by atoms with Crippen molar-refractivity contribution in [2.75, 3.05) is 12.8 Å². The van der Waals surface area contributed by atoms with Gasteiger partial charge >= 0.3 is 23.5 Å². The molecule has 0 aromatic carbocycles. The van der Waals surface area contributed by atoms with E-state index in [0.29, 0.717) is 0 Å². The van der Waals surface area contributed by atoms with E-state index in [1.807, 2.05) is 0 Å². The number of methoxy groups -OCH3 is 1. The van der Waals surface area contributed by atoms with Crippen LogP contribution in [0.4, 0.5) is 5.95 Å². The van der Waals surface area contributed by atoms with Crippen LogP contribution in [0.3, 0.4) is 0 Å². The number of H-pyrrole nitrogens is 1. The number of phosphoric acid groups is 3. The fourth-order valence-electron chi connectivity index (χ4n) is 3.41. The number of aromatic amines is 1. The number of fused-ring (bicyclic) bond motifs is 1. The summed E-state index contributed by atoms with van der Waals surface area (Å²) < 4.78 is 59.2. The second-order valence-corrected chi connectivity index (χ2v) is 11.8. The molecular weight excluding hydrogens is 543 g/mol. The van der Waals surface area contributed by atoms with Gasteiger partial charge in [-0.25, -0.2) is 18.7 Å². The first-order chi connectivity index (χ1) is 15.9. The Hall–Kier alpha value is -1.56. The monoisotopic (exact) mass is 565 g/mol. The van der Waals surface area contributed by atoms with Gasteiger partial charge in [0.1, 0.15) is 17.8 Å². The van der Waals surface area contributed by atoms with E-state index in [-0.39, 0.29) is 17.1 Å². The number of nitrogens with zero attached hydrogens (tertiary/aromatic N) is 3. The van der Waals surface area contributed by atoms with Gasteiger partial charge in [-0.05, 0) is 13.8 Å². The van der Waals surface area contributed by atoms with Crippen molar-refractivity contribution in [2.45, 2.75) is 44.0 Å². The molecule has 0 radical (unpaired) electrons. The lowest BCUT2D eigenvalue weighted by Gasteiger charge is -2.34. The minimum absolute atomic E-state index is 0.0321. The maximum atomic E-state index is 12.2. The number of anilines is 1. The van der Waals surface area contributed by atoms with Gasteiger partial charge in [0, 0.05) is 7.11 Å². The molecule has 22 heteroatoms. The molecule has 19 nitrogen and oxygen atoms in total. The van der Waals surface area contributed by atoms with Crippen molar-refractivity contribution in [1.29, 1.82) is 0 Å². The van der Waals surface area contributed by atoms with E-state index < -0.39 is 59.2 Å². The molecule has 35 heavy (non-hydrogen) atoms. The number of hydrogen-bond donors (Lipinski definition) is 7. The maximum absolute atomic E-state index is 12.2. The molecule has 1 saturated heterocycles. The van der Waals surface area contributed by atoms with Crippen molar-refractivity contribution in [3.63, 3.8) is 0 Å². The van der Waals surface area contributed by atoms with Crippen LogP contribution in [0.15, 0.2) is 11.1 Å². The zero-order valence-electron chi connectivity index (χ0n) is 18.1. The van der Waals surface area contributed by atoms with Crippen molar-refractivity contribution in [2.24, 2.45) is 0 Å². The van der Waals surface area contributed by atoms with Crippen LogP contribution in [-0.2, 0) is 36.3 Å². The standard InChI is InChI=1S/C13H22N5O14P3/c1-5(30-34(24,25)32-35(26,27)31-33(21,22)23)13(2)8(19)7(28-3)11(29-13)18-4-15-6-9(18)16-12(14)17-10(6)20/h4-5,7-8,11,19H,1-3H3,(H,24,25)(H,26,27)(H2,21,22,23)(H3,14,16,17,20)/t5?,7-,8+,11-,13-/m1/s1. The zero-order valence-corrected chi connectivity index (χ0v) is 20.7. The summed E-state index contributed by atoms with van der Waals surface area (Å²) in [6.45, 7) is 2.37. The van der Waals surface area contributed by atoms with Gasteiger partial charge in [-0.2, -0.15) is 13.6 Å². The maximum Gasteiger partial charge on any atom is 0.490 e. The van der Waals surface area contributed by atoms with Crippen molar-refractivity contribution in [3.8, 4) is 0 Å². The van der Waals surface area contributed by atoms with Gasteiger partial charge in [0.05, 0.1) is 12.4 Å². The SMILES string of the molecule is CO[C@H]1[C@H](n2cnc3c(=O)[nH]c(N)nc32)O[C@](C)(C(C)OP(=O)(O)OP(=O)(O)OP(=O)(O)O)[C@H]1O. The Morgan fingerprint density at radius 3 is 2.43 bits per heavy atom. The summed E-state index contributed by atoms with van der Waals surface area (Å²) in [5, 5.41) is 10.9. The van der Waals surface area contributed by atoms with E-state index in [1.165, 1.54) is 18.6 Å². The fourth-order valence-corrected chi connectivity index (χ4v) is 6.68. The predicted molar refractivity (Wildman–Crippen MR) is 112 cm³/mol. The number of aliphatic hydroxyl groups excluding tert-OH is 1. The second kappa shape index (κ2) is 9.39. The van der Waals surface area contributed by atoms with E-state index in [2.05, 4.69) is 23.6 Å². The molecular formula is C13H22N5O14P3. The van der Waals surface area contributed by atoms with Crippen LogP contribution in [-0.4, -0.2) is 75.2 Å². The molecule has 3 heterocycles. The number of nitrogens with one attached hydrogen (secondary N) is 1. The molecule has 1 fully saturated rings. The molecule has 3 rings (SSSR count). The lowest BCUT2D eigenvalue weighted by atomic mass is 9.92. The van der Waals surface area contributed by atoms with Gasteiger partial charge in [0.15, 0.2) is 17.4 Å². The molecule has 198 valence electrons. The third-order valence-corrected chi connectivity index (χ3v) is 8.98. The molecule has 0 saturated carbocycles. The summed E-state index contributed by atoms with van der Waals surface area (Å²) in [5.41, 5.74) is 2.91. The summed E-state index contributed by atoms with van der Waals surface area (Å²) in [4.78, 5) is 58.7. The molecule has 0 spiro atoms. The molecule has 2 aromatic heterocycles. The Labute approximate surface area is 195 Å². The van der Waals surface area contributed by atoms with Gasteiger partial charge in [0.25, 0.3) is 5.56 Å². The minimum atomic E-state index is -5.76. The van der Waals surface area contributed by atoms with Gasteiger partial charge in [-0.15, -0.1) is 0 Å². The average Bonchev–Trinajstić information content (AvgIpc) is 3.18. The lowest BCUT2D eigenvalue weighted by Crippen LogP contribution is -2.49. The normalized spacial score (nSPS) is 29.7. The van der Waals surface area contributed by atoms with E-state index >= 15 is 0 Å². The number of nitrogen functional groups attached to an aromatic ring is 1. The molecule has 7 atom stereocenters. The van der Waals surface area contributed by atoms with E-state index in [4.69, 9.17) is 29.5 Å². The summed E-state index contributed by atoms with van der Waals surface area (Å²) in [6, 6.07) is 0. The lowest BCUT2D eigenvalue weighted by molar-refractivity contribution is -0.143. The van der Waals surface area contributed by atoms with Crippen LogP contribution in [0.2, 0.25) is 0 Å². The smallest absolute Gasteiger partial charge is 0.387 e. The topological polar surface area (TPSA) is 288 Å². The molecule has 8 N–H and O–H groups in total. The Morgan fingerprint density at radius 1 is 1.23 bits per heavy atom. The molecule has 0 bridgehead atoms. The van der Waals surface area contributed by atoms with E-state index in [9.17, 15) is 33.4 Å². The van der Waals surface area contributed by atoms with Gasteiger partial charge < -0.3 is 39.9 Å². The third-order valence-electron chi connectivity index (χ3n) is 5.07.